The van der Waals surface area contributed by atoms with E-state index in [-0.39, 0.29) is 24.2 Å². The third kappa shape index (κ3) is 3.42. The van der Waals surface area contributed by atoms with Crippen LogP contribution in [0.3, 0.4) is 0 Å². The molecule has 0 aliphatic carbocycles. The van der Waals surface area contributed by atoms with Gasteiger partial charge in [0.2, 0.25) is 0 Å². The van der Waals surface area contributed by atoms with Crippen LogP contribution in [0.5, 0.6) is 0 Å². The average Bonchev–Trinajstić information content (AvgIpc) is 2.97. The van der Waals surface area contributed by atoms with Crippen LogP contribution >= 0.6 is 0 Å². The summed E-state index contributed by atoms with van der Waals surface area (Å²) in [6, 6.07) is 9.71. The van der Waals surface area contributed by atoms with Crippen LogP contribution in [-0.4, -0.2) is 48.5 Å². The minimum absolute atomic E-state index is 0.0309. The molecular formula is C17H23NO4. The van der Waals surface area contributed by atoms with E-state index >= 15 is 0 Å². The summed E-state index contributed by atoms with van der Waals surface area (Å²) in [5.41, 5.74) is 1.14. The molecule has 2 saturated heterocycles. The summed E-state index contributed by atoms with van der Waals surface area (Å²) < 4.78 is 11.0. The molecule has 5 nitrogen and oxygen atoms in total. The number of hydrogen-bond acceptors (Lipinski definition) is 4. The molecule has 3 rings (SSSR count). The molecule has 1 N–H and O–H groups in total. The molecule has 1 spiro atoms. The monoisotopic (exact) mass is 305 g/mol. The second-order valence-corrected chi connectivity index (χ2v) is 6.35. The molecule has 0 radical (unpaired) electrons. The highest BCUT2D eigenvalue weighted by Crippen LogP contribution is 2.41. The summed E-state index contributed by atoms with van der Waals surface area (Å²) in [5.74, 6) is 0. The van der Waals surface area contributed by atoms with Crippen molar-refractivity contribution < 1.29 is 19.4 Å². The molecule has 0 aromatic heterocycles. The van der Waals surface area contributed by atoms with Crippen LogP contribution in [-0.2, 0) is 16.1 Å². The Balaban J connectivity index is 1.46. The molecule has 2 fully saturated rings. The topological polar surface area (TPSA) is 59.0 Å². The predicted octanol–water partition coefficient (Wildman–Crippen LogP) is 2.19. The van der Waals surface area contributed by atoms with Crippen molar-refractivity contribution in [1.82, 2.24) is 4.90 Å². The number of carbonyl (C=O) groups excluding carboxylic acids is 1. The molecule has 22 heavy (non-hydrogen) atoms. The fraction of sp³-hybridized carbons (Fsp3) is 0.588. The lowest BCUT2D eigenvalue weighted by molar-refractivity contribution is 0.0380. The van der Waals surface area contributed by atoms with Crippen molar-refractivity contribution in [3.8, 4) is 0 Å². The molecule has 5 heteroatoms. The Bertz CT molecular complexity index is 497. The highest BCUT2D eigenvalue weighted by atomic mass is 16.6. The number of amides is 1. The summed E-state index contributed by atoms with van der Waals surface area (Å²) in [6.07, 6.45) is 2.47. The van der Waals surface area contributed by atoms with Crippen LogP contribution in [0.2, 0.25) is 0 Å². The Morgan fingerprint density at radius 1 is 1.32 bits per heavy atom. The number of likely N-dealkylation sites (tertiary alicyclic amines) is 1. The third-order valence-corrected chi connectivity index (χ3v) is 4.78. The van der Waals surface area contributed by atoms with Gasteiger partial charge in [-0.05, 0) is 30.2 Å². The van der Waals surface area contributed by atoms with Crippen LogP contribution in [0.4, 0.5) is 4.79 Å². The first-order valence-electron chi connectivity index (χ1n) is 7.89. The maximum absolute atomic E-state index is 12.1. The van der Waals surface area contributed by atoms with E-state index in [0.717, 1.165) is 24.8 Å². The van der Waals surface area contributed by atoms with E-state index in [9.17, 15) is 9.90 Å². The molecule has 2 aliphatic heterocycles. The van der Waals surface area contributed by atoms with E-state index in [0.29, 0.717) is 26.3 Å². The standard InChI is InChI=1S/C17H23NO4/c19-11-15-10-17(13-22-15)6-8-18(9-7-17)16(20)21-12-14-4-2-1-3-5-14/h1-5,15,19H,6-13H2. The van der Waals surface area contributed by atoms with Gasteiger partial charge < -0.3 is 19.5 Å². The zero-order valence-corrected chi connectivity index (χ0v) is 12.7. The molecule has 0 saturated carbocycles. The van der Waals surface area contributed by atoms with Crippen LogP contribution in [0.1, 0.15) is 24.8 Å². The summed E-state index contributed by atoms with van der Waals surface area (Å²) in [5, 5.41) is 9.19. The van der Waals surface area contributed by atoms with E-state index in [1.54, 1.807) is 4.90 Å². The van der Waals surface area contributed by atoms with E-state index in [1.807, 2.05) is 30.3 Å². The van der Waals surface area contributed by atoms with Crippen molar-refractivity contribution in [3.63, 3.8) is 0 Å². The lowest BCUT2D eigenvalue weighted by Gasteiger charge is -2.37. The second-order valence-electron chi connectivity index (χ2n) is 6.35. The molecule has 1 unspecified atom stereocenters. The van der Waals surface area contributed by atoms with Crippen molar-refractivity contribution in [2.45, 2.75) is 32.0 Å². The van der Waals surface area contributed by atoms with E-state index < -0.39 is 0 Å². The van der Waals surface area contributed by atoms with Crippen molar-refractivity contribution in [2.24, 2.45) is 5.41 Å². The molecule has 1 atom stereocenters. The second kappa shape index (κ2) is 6.67. The van der Waals surface area contributed by atoms with Crippen LogP contribution in [0, 0.1) is 5.41 Å². The smallest absolute Gasteiger partial charge is 0.410 e. The van der Waals surface area contributed by atoms with Gasteiger partial charge in [0, 0.05) is 13.1 Å². The largest absolute Gasteiger partial charge is 0.445 e. The molecule has 1 amide bonds. The molecule has 1 aromatic rings. The maximum atomic E-state index is 12.1. The third-order valence-electron chi connectivity index (χ3n) is 4.78. The molecule has 2 aliphatic rings. The van der Waals surface area contributed by atoms with Gasteiger partial charge in [-0.2, -0.15) is 0 Å². The van der Waals surface area contributed by atoms with Gasteiger partial charge in [-0.1, -0.05) is 30.3 Å². The lowest BCUT2D eigenvalue weighted by atomic mass is 9.77. The van der Waals surface area contributed by atoms with Gasteiger partial charge in [-0.3, -0.25) is 0 Å². The predicted molar refractivity (Wildman–Crippen MR) is 81.3 cm³/mol. The number of ether oxygens (including phenoxy) is 2. The Morgan fingerprint density at radius 3 is 2.68 bits per heavy atom. The highest BCUT2D eigenvalue weighted by molar-refractivity contribution is 5.67. The quantitative estimate of drug-likeness (QED) is 0.930. The summed E-state index contributed by atoms with van der Waals surface area (Å²) >= 11 is 0. The van der Waals surface area contributed by atoms with Crippen molar-refractivity contribution >= 4 is 6.09 Å². The summed E-state index contributed by atoms with van der Waals surface area (Å²) in [4.78, 5) is 13.9. The van der Waals surface area contributed by atoms with Crippen LogP contribution in [0.25, 0.3) is 0 Å². The first kappa shape index (κ1) is 15.3. The molecular weight excluding hydrogens is 282 g/mol. The lowest BCUT2D eigenvalue weighted by Crippen LogP contribution is -2.43. The molecule has 1 aromatic carbocycles. The number of carbonyl (C=O) groups is 1. The van der Waals surface area contributed by atoms with Crippen LogP contribution < -0.4 is 0 Å². The first-order chi connectivity index (χ1) is 10.7. The van der Waals surface area contributed by atoms with Gasteiger partial charge in [-0.15, -0.1) is 0 Å². The fourth-order valence-corrected chi connectivity index (χ4v) is 3.34. The molecule has 0 bridgehead atoms. The van der Waals surface area contributed by atoms with Gasteiger partial charge >= 0.3 is 6.09 Å². The number of piperidine rings is 1. The Labute approximate surface area is 130 Å². The van der Waals surface area contributed by atoms with Crippen molar-refractivity contribution in [1.29, 1.82) is 0 Å². The van der Waals surface area contributed by atoms with E-state index in [1.165, 1.54) is 0 Å². The average molecular weight is 305 g/mol. The van der Waals surface area contributed by atoms with Crippen molar-refractivity contribution in [2.75, 3.05) is 26.3 Å². The van der Waals surface area contributed by atoms with E-state index in [4.69, 9.17) is 9.47 Å². The number of benzene rings is 1. The van der Waals surface area contributed by atoms with Gasteiger partial charge in [0.05, 0.1) is 19.3 Å². The van der Waals surface area contributed by atoms with Gasteiger partial charge in [-0.25, -0.2) is 4.79 Å². The number of aliphatic hydroxyl groups is 1. The zero-order chi connectivity index (χ0) is 15.4. The molecule has 120 valence electrons. The number of nitrogens with zero attached hydrogens (tertiary/aromatic N) is 1. The minimum Gasteiger partial charge on any atom is -0.445 e. The minimum atomic E-state index is -0.240. The Kier molecular flexibility index (Phi) is 4.64. The van der Waals surface area contributed by atoms with Gasteiger partial charge in [0.15, 0.2) is 0 Å². The molecule has 2 heterocycles. The van der Waals surface area contributed by atoms with Gasteiger partial charge in [0.25, 0.3) is 0 Å². The number of hydrogen-bond donors (Lipinski definition) is 1. The Hall–Kier alpha value is -1.59. The summed E-state index contributed by atoms with van der Waals surface area (Å²) in [6.45, 7) is 2.51. The number of rotatable bonds is 3. The van der Waals surface area contributed by atoms with E-state index in [2.05, 4.69) is 0 Å². The summed E-state index contributed by atoms with van der Waals surface area (Å²) in [7, 11) is 0. The van der Waals surface area contributed by atoms with Crippen molar-refractivity contribution in [3.05, 3.63) is 35.9 Å². The normalized spacial score (nSPS) is 23.7. The maximum Gasteiger partial charge on any atom is 0.410 e. The van der Waals surface area contributed by atoms with Crippen LogP contribution in [0.15, 0.2) is 30.3 Å². The number of aliphatic hydroxyl groups excluding tert-OH is 1. The van der Waals surface area contributed by atoms with Gasteiger partial charge in [0.1, 0.15) is 6.61 Å². The Morgan fingerprint density at radius 2 is 2.05 bits per heavy atom. The SMILES string of the molecule is O=C(OCc1ccccc1)N1CCC2(CC1)COC(CO)C2. The zero-order valence-electron chi connectivity index (χ0n) is 12.7. The highest BCUT2D eigenvalue weighted by Gasteiger charge is 2.43. The fourth-order valence-electron chi connectivity index (χ4n) is 3.34. The first-order valence-corrected chi connectivity index (χ1v) is 7.89.